The SMILES string of the molecule is CC(CCl)CSCC1CCC1. The van der Waals surface area contributed by atoms with Crippen LogP contribution in [0.3, 0.4) is 0 Å². The topological polar surface area (TPSA) is 0 Å². The number of hydrogen-bond acceptors (Lipinski definition) is 1. The highest BCUT2D eigenvalue weighted by Gasteiger charge is 2.16. The first-order valence-corrected chi connectivity index (χ1v) is 6.15. The third kappa shape index (κ3) is 3.71. The number of halogens is 1. The van der Waals surface area contributed by atoms with Crippen molar-refractivity contribution >= 4 is 23.4 Å². The first-order chi connectivity index (χ1) is 5.33. The molecule has 11 heavy (non-hydrogen) atoms. The maximum absolute atomic E-state index is 5.70. The van der Waals surface area contributed by atoms with E-state index in [1.807, 2.05) is 0 Å². The molecular formula is C9H17ClS. The molecule has 0 amide bonds. The van der Waals surface area contributed by atoms with Gasteiger partial charge in [-0.25, -0.2) is 0 Å². The highest BCUT2D eigenvalue weighted by atomic mass is 35.5. The predicted octanol–water partition coefficient (Wildman–Crippen LogP) is 3.39. The Morgan fingerprint density at radius 2 is 2.27 bits per heavy atom. The van der Waals surface area contributed by atoms with E-state index in [1.165, 1.54) is 30.8 Å². The molecule has 0 aliphatic heterocycles. The van der Waals surface area contributed by atoms with Crippen LogP contribution < -0.4 is 0 Å². The van der Waals surface area contributed by atoms with E-state index in [-0.39, 0.29) is 0 Å². The Kier molecular flexibility index (Phi) is 4.70. The van der Waals surface area contributed by atoms with E-state index in [9.17, 15) is 0 Å². The first-order valence-electron chi connectivity index (χ1n) is 4.46. The summed E-state index contributed by atoms with van der Waals surface area (Å²) in [6, 6.07) is 0. The smallest absolute Gasteiger partial charge is 0.0257 e. The summed E-state index contributed by atoms with van der Waals surface area (Å²) in [5.74, 6) is 5.18. The molecular weight excluding hydrogens is 176 g/mol. The van der Waals surface area contributed by atoms with E-state index in [0.717, 1.165) is 11.8 Å². The highest BCUT2D eigenvalue weighted by Crippen LogP contribution is 2.30. The Bertz CT molecular complexity index is 97.0. The van der Waals surface area contributed by atoms with E-state index < -0.39 is 0 Å². The molecule has 1 aliphatic carbocycles. The maximum Gasteiger partial charge on any atom is 0.0257 e. The summed E-state index contributed by atoms with van der Waals surface area (Å²) in [7, 11) is 0. The summed E-state index contributed by atoms with van der Waals surface area (Å²) in [6.07, 6.45) is 4.42. The molecule has 0 aromatic heterocycles. The fourth-order valence-corrected chi connectivity index (χ4v) is 2.70. The molecule has 1 fully saturated rings. The summed E-state index contributed by atoms with van der Waals surface area (Å²) >= 11 is 7.79. The van der Waals surface area contributed by atoms with Crippen molar-refractivity contribution in [1.82, 2.24) is 0 Å². The van der Waals surface area contributed by atoms with Crippen LogP contribution >= 0.6 is 23.4 Å². The summed E-state index contributed by atoms with van der Waals surface area (Å²) < 4.78 is 0. The number of thioether (sulfide) groups is 1. The molecule has 0 spiro atoms. The average molecular weight is 193 g/mol. The van der Waals surface area contributed by atoms with Crippen molar-refractivity contribution in [3.8, 4) is 0 Å². The first kappa shape index (κ1) is 9.73. The van der Waals surface area contributed by atoms with Gasteiger partial charge < -0.3 is 0 Å². The molecule has 2 heteroatoms. The molecule has 1 aliphatic rings. The van der Waals surface area contributed by atoms with Crippen LogP contribution in [-0.2, 0) is 0 Å². The Balaban J connectivity index is 1.86. The van der Waals surface area contributed by atoms with Crippen molar-refractivity contribution in [2.45, 2.75) is 26.2 Å². The molecule has 0 saturated heterocycles. The Morgan fingerprint density at radius 1 is 1.55 bits per heavy atom. The Morgan fingerprint density at radius 3 is 2.73 bits per heavy atom. The van der Waals surface area contributed by atoms with Crippen molar-refractivity contribution in [3.05, 3.63) is 0 Å². The minimum absolute atomic E-state index is 0.696. The lowest BCUT2D eigenvalue weighted by atomic mass is 9.87. The van der Waals surface area contributed by atoms with Crippen LogP contribution in [0.15, 0.2) is 0 Å². The van der Waals surface area contributed by atoms with Crippen LogP contribution in [0.5, 0.6) is 0 Å². The van der Waals surface area contributed by atoms with Crippen LogP contribution in [-0.4, -0.2) is 17.4 Å². The molecule has 0 heterocycles. The second-order valence-corrected chi connectivity index (χ2v) is 4.98. The molecule has 66 valence electrons. The average Bonchev–Trinajstić information content (AvgIpc) is 1.94. The molecule has 0 bridgehead atoms. The second kappa shape index (κ2) is 5.31. The summed E-state index contributed by atoms with van der Waals surface area (Å²) in [5, 5.41) is 0. The number of alkyl halides is 1. The molecule has 0 radical (unpaired) electrons. The summed E-state index contributed by atoms with van der Waals surface area (Å²) in [6.45, 7) is 2.22. The number of hydrogen-bond donors (Lipinski definition) is 0. The molecule has 1 unspecified atom stereocenters. The fourth-order valence-electron chi connectivity index (χ4n) is 1.14. The minimum Gasteiger partial charge on any atom is -0.161 e. The van der Waals surface area contributed by atoms with Crippen LogP contribution in [0.25, 0.3) is 0 Å². The van der Waals surface area contributed by atoms with Gasteiger partial charge in [0, 0.05) is 5.88 Å². The van der Waals surface area contributed by atoms with Gasteiger partial charge in [-0.3, -0.25) is 0 Å². The molecule has 0 nitrogen and oxygen atoms in total. The van der Waals surface area contributed by atoms with Gasteiger partial charge in [0.1, 0.15) is 0 Å². The van der Waals surface area contributed by atoms with Gasteiger partial charge in [0.2, 0.25) is 0 Å². The molecule has 1 saturated carbocycles. The minimum atomic E-state index is 0.696. The lowest BCUT2D eigenvalue weighted by molar-refractivity contribution is 0.353. The largest absolute Gasteiger partial charge is 0.161 e. The van der Waals surface area contributed by atoms with Crippen LogP contribution in [0.1, 0.15) is 26.2 Å². The van der Waals surface area contributed by atoms with Gasteiger partial charge >= 0.3 is 0 Å². The summed E-state index contributed by atoms with van der Waals surface area (Å²) in [4.78, 5) is 0. The highest BCUT2D eigenvalue weighted by molar-refractivity contribution is 7.99. The fraction of sp³-hybridized carbons (Fsp3) is 1.00. The molecule has 0 aromatic carbocycles. The van der Waals surface area contributed by atoms with Gasteiger partial charge in [0.05, 0.1) is 0 Å². The maximum atomic E-state index is 5.70. The van der Waals surface area contributed by atoms with Gasteiger partial charge in [-0.05, 0) is 36.2 Å². The third-order valence-corrected chi connectivity index (χ3v) is 4.28. The summed E-state index contributed by atoms with van der Waals surface area (Å²) in [5.41, 5.74) is 0. The van der Waals surface area contributed by atoms with E-state index in [4.69, 9.17) is 11.6 Å². The predicted molar refractivity (Wildman–Crippen MR) is 54.6 cm³/mol. The van der Waals surface area contributed by atoms with Crippen molar-refractivity contribution in [1.29, 1.82) is 0 Å². The third-order valence-electron chi connectivity index (χ3n) is 2.24. The molecule has 1 atom stereocenters. The lowest BCUT2D eigenvalue weighted by Crippen LogP contribution is -2.14. The van der Waals surface area contributed by atoms with Crippen molar-refractivity contribution < 1.29 is 0 Å². The Labute approximate surface area is 79.1 Å². The zero-order valence-electron chi connectivity index (χ0n) is 7.18. The zero-order chi connectivity index (χ0) is 8.10. The van der Waals surface area contributed by atoms with Gasteiger partial charge in [-0.1, -0.05) is 13.3 Å². The van der Waals surface area contributed by atoms with Crippen molar-refractivity contribution in [3.63, 3.8) is 0 Å². The van der Waals surface area contributed by atoms with E-state index in [0.29, 0.717) is 5.92 Å². The van der Waals surface area contributed by atoms with Crippen LogP contribution in [0.4, 0.5) is 0 Å². The van der Waals surface area contributed by atoms with E-state index in [2.05, 4.69) is 18.7 Å². The van der Waals surface area contributed by atoms with Gasteiger partial charge in [0.15, 0.2) is 0 Å². The van der Waals surface area contributed by atoms with Gasteiger partial charge in [-0.2, -0.15) is 11.8 Å². The van der Waals surface area contributed by atoms with E-state index >= 15 is 0 Å². The quantitative estimate of drug-likeness (QED) is 0.602. The molecule has 0 N–H and O–H groups in total. The standard InChI is InChI=1S/C9H17ClS/c1-8(5-10)6-11-7-9-3-2-4-9/h8-9H,2-7H2,1H3. The van der Waals surface area contributed by atoms with Crippen LogP contribution in [0.2, 0.25) is 0 Å². The zero-order valence-corrected chi connectivity index (χ0v) is 8.76. The second-order valence-electron chi connectivity index (χ2n) is 3.59. The van der Waals surface area contributed by atoms with E-state index in [1.54, 1.807) is 0 Å². The van der Waals surface area contributed by atoms with Crippen LogP contribution in [0, 0.1) is 11.8 Å². The van der Waals surface area contributed by atoms with Crippen molar-refractivity contribution in [2.75, 3.05) is 17.4 Å². The number of rotatable bonds is 5. The van der Waals surface area contributed by atoms with Gasteiger partial charge in [0.25, 0.3) is 0 Å². The Hall–Kier alpha value is 0.640. The monoisotopic (exact) mass is 192 g/mol. The molecule has 1 rings (SSSR count). The van der Waals surface area contributed by atoms with Crippen molar-refractivity contribution in [2.24, 2.45) is 11.8 Å². The lowest BCUT2D eigenvalue weighted by Gasteiger charge is -2.25. The molecule has 0 aromatic rings. The normalized spacial score (nSPS) is 21.3. The van der Waals surface area contributed by atoms with Gasteiger partial charge in [-0.15, -0.1) is 11.6 Å².